The Morgan fingerprint density at radius 3 is 2.59 bits per heavy atom. The van der Waals surface area contributed by atoms with E-state index < -0.39 is 0 Å². The minimum Gasteiger partial charge on any atom is -0.299 e. The highest BCUT2D eigenvalue weighted by Gasteiger charge is 2.24. The lowest BCUT2D eigenvalue weighted by Crippen LogP contribution is -2.37. The van der Waals surface area contributed by atoms with Crippen LogP contribution in [0.5, 0.6) is 0 Å². The largest absolute Gasteiger partial charge is 0.299 e. The highest BCUT2D eigenvalue weighted by atomic mass is 35.5. The Morgan fingerprint density at radius 1 is 1.11 bits per heavy atom. The van der Waals surface area contributed by atoms with E-state index in [9.17, 15) is 4.79 Å². The van der Waals surface area contributed by atoms with Crippen LogP contribution in [0.4, 0.5) is 0 Å². The second kappa shape index (κ2) is 7.83. The van der Waals surface area contributed by atoms with E-state index in [1.165, 1.54) is 6.42 Å². The van der Waals surface area contributed by atoms with E-state index in [2.05, 4.69) is 11.8 Å². The maximum Gasteiger partial charge on any atom is 0.274 e. The van der Waals surface area contributed by atoms with Gasteiger partial charge in [0.25, 0.3) is 5.56 Å². The highest BCUT2D eigenvalue weighted by molar-refractivity contribution is 6.30. The smallest absolute Gasteiger partial charge is 0.274 e. The van der Waals surface area contributed by atoms with Gasteiger partial charge in [-0.05, 0) is 49.7 Å². The molecule has 3 aromatic rings. The predicted octanol–water partition coefficient (Wildman–Crippen LogP) is 4.13. The fourth-order valence-corrected chi connectivity index (χ4v) is 4.20. The Morgan fingerprint density at radius 2 is 1.85 bits per heavy atom. The molecule has 1 aromatic heterocycles. The van der Waals surface area contributed by atoms with Crippen molar-refractivity contribution in [1.29, 1.82) is 0 Å². The average Bonchev–Trinajstić information content (AvgIpc) is 3.14. The van der Waals surface area contributed by atoms with Crippen LogP contribution in [0.2, 0.25) is 5.02 Å². The van der Waals surface area contributed by atoms with Gasteiger partial charge in [-0.25, -0.2) is 4.68 Å². The summed E-state index contributed by atoms with van der Waals surface area (Å²) in [5, 5.41) is 7.20. The van der Waals surface area contributed by atoms with Crippen LogP contribution in [0, 0.1) is 0 Å². The van der Waals surface area contributed by atoms with Gasteiger partial charge in [-0.2, -0.15) is 5.10 Å². The molecule has 1 atom stereocenters. The quantitative estimate of drug-likeness (QED) is 0.667. The van der Waals surface area contributed by atoms with Crippen LogP contribution >= 0.6 is 11.6 Å². The number of benzene rings is 2. The molecule has 0 N–H and O–H groups in total. The molecule has 0 aliphatic carbocycles. The van der Waals surface area contributed by atoms with Crippen LogP contribution in [0.25, 0.3) is 10.8 Å². The van der Waals surface area contributed by atoms with E-state index in [-0.39, 0.29) is 5.56 Å². The Balaban J connectivity index is 1.74. The molecule has 27 heavy (non-hydrogen) atoms. The molecule has 1 fully saturated rings. The molecular formula is C22H24ClN3O. The minimum absolute atomic E-state index is 0.00779. The first-order valence-electron chi connectivity index (χ1n) is 9.63. The van der Waals surface area contributed by atoms with Crippen molar-refractivity contribution in [1.82, 2.24) is 14.7 Å². The number of aromatic nitrogens is 2. The van der Waals surface area contributed by atoms with Gasteiger partial charge in [-0.1, -0.05) is 48.9 Å². The molecule has 5 heteroatoms. The third-order valence-electron chi connectivity index (χ3n) is 5.52. The summed E-state index contributed by atoms with van der Waals surface area (Å²) in [6.45, 7) is 4.97. The van der Waals surface area contributed by atoms with Crippen molar-refractivity contribution in [2.24, 2.45) is 0 Å². The Labute approximate surface area is 164 Å². The lowest BCUT2D eigenvalue weighted by atomic mass is 10.0. The minimum atomic E-state index is 0.00779. The summed E-state index contributed by atoms with van der Waals surface area (Å²) < 4.78 is 1.69. The van der Waals surface area contributed by atoms with Crippen molar-refractivity contribution in [2.45, 2.75) is 38.8 Å². The Hall–Kier alpha value is -2.17. The van der Waals surface area contributed by atoms with E-state index in [1.807, 2.05) is 48.5 Å². The van der Waals surface area contributed by atoms with E-state index in [1.54, 1.807) is 4.68 Å². The van der Waals surface area contributed by atoms with Crippen LogP contribution in [-0.2, 0) is 13.0 Å². The summed E-state index contributed by atoms with van der Waals surface area (Å²) in [6, 6.07) is 16.0. The van der Waals surface area contributed by atoms with Gasteiger partial charge in [0.05, 0.1) is 17.6 Å². The van der Waals surface area contributed by atoms with Crippen molar-refractivity contribution in [2.75, 3.05) is 13.1 Å². The number of halogens is 1. The lowest BCUT2D eigenvalue weighted by molar-refractivity contribution is 0.235. The van der Waals surface area contributed by atoms with Crippen molar-refractivity contribution in [3.05, 3.63) is 75.2 Å². The Bertz CT molecular complexity index is 997. The third-order valence-corrected chi connectivity index (χ3v) is 5.77. The van der Waals surface area contributed by atoms with Gasteiger partial charge in [-0.15, -0.1) is 0 Å². The van der Waals surface area contributed by atoms with Crippen molar-refractivity contribution >= 4 is 22.4 Å². The number of rotatable bonds is 5. The standard InChI is InChI=1S/C22H24ClN3O/c1-2-25-13-5-6-18(25)15-26-22(27)20-8-4-3-7-19(20)21(24-26)14-16-9-11-17(23)12-10-16/h3-4,7-12,18H,2,5-6,13-15H2,1H3. The summed E-state index contributed by atoms with van der Waals surface area (Å²) in [5.41, 5.74) is 2.08. The van der Waals surface area contributed by atoms with Gasteiger partial charge >= 0.3 is 0 Å². The third kappa shape index (κ3) is 3.78. The molecule has 4 nitrogen and oxygen atoms in total. The first kappa shape index (κ1) is 18.2. The number of hydrogen-bond donors (Lipinski definition) is 0. The monoisotopic (exact) mass is 381 g/mol. The number of hydrogen-bond acceptors (Lipinski definition) is 3. The van der Waals surface area contributed by atoms with Crippen molar-refractivity contribution < 1.29 is 0 Å². The summed E-state index contributed by atoms with van der Waals surface area (Å²) in [6.07, 6.45) is 3.00. The summed E-state index contributed by atoms with van der Waals surface area (Å²) >= 11 is 6.01. The van der Waals surface area contributed by atoms with Gasteiger partial charge in [0.15, 0.2) is 0 Å². The second-order valence-corrected chi connectivity index (χ2v) is 7.64. The van der Waals surface area contributed by atoms with Crippen LogP contribution in [0.3, 0.4) is 0 Å². The number of likely N-dealkylation sites (N-methyl/N-ethyl adjacent to an activating group) is 1. The SMILES string of the molecule is CCN1CCCC1Cn1nc(Cc2ccc(Cl)cc2)c2ccccc2c1=O. The van der Waals surface area contributed by atoms with E-state index >= 15 is 0 Å². The van der Waals surface area contributed by atoms with Crippen molar-refractivity contribution in [3.63, 3.8) is 0 Å². The van der Waals surface area contributed by atoms with Gasteiger partial charge in [0.1, 0.15) is 0 Å². The number of nitrogens with zero attached hydrogens (tertiary/aromatic N) is 3. The number of fused-ring (bicyclic) bond motifs is 1. The van der Waals surface area contributed by atoms with Crippen molar-refractivity contribution in [3.8, 4) is 0 Å². The lowest BCUT2D eigenvalue weighted by Gasteiger charge is -2.23. The normalized spacial score (nSPS) is 17.6. The van der Waals surface area contributed by atoms with Gasteiger partial charge < -0.3 is 0 Å². The zero-order valence-electron chi connectivity index (χ0n) is 15.6. The molecule has 0 radical (unpaired) electrons. The average molecular weight is 382 g/mol. The van der Waals surface area contributed by atoms with Gasteiger partial charge in [0.2, 0.25) is 0 Å². The molecular weight excluding hydrogens is 358 g/mol. The zero-order valence-corrected chi connectivity index (χ0v) is 16.3. The fourth-order valence-electron chi connectivity index (χ4n) is 4.07. The van der Waals surface area contributed by atoms with Crippen LogP contribution in [0.15, 0.2) is 53.3 Å². The molecule has 0 bridgehead atoms. The second-order valence-electron chi connectivity index (χ2n) is 7.21. The Kier molecular flexibility index (Phi) is 5.28. The van der Waals surface area contributed by atoms with E-state index in [0.717, 1.165) is 46.6 Å². The maximum absolute atomic E-state index is 13.0. The molecule has 140 valence electrons. The van der Waals surface area contributed by atoms with Crippen LogP contribution in [0.1, 0.15) is 31.0 Å². The maximum atomic E-state index is 13.0. The molecule has 1 unspecified atom stereocenters. The molecule has 1 saturated heterocycles. The predicted molar refractivity (Wildman–Crippen MR) is 111 cm³/mol. The molecule has 1 aliphatic rings. The summed E-state index contributed by atoms with van der Waals surface area (Å²) in [4.78, 5) is 15.5. The first-order chi connectivity index (χ1) is 13.2. The molecule has 2 aromatic carbocycles. The topological polar surface area (TPSA) is 38.1 Å². The zero-order chi connectivity index (χ0) is 18.8. The van der Waals surface area contributed by atoms with Crippen LogP contribution in [-0.4, -0.2) is 33.8 Å². The molecule has 0 saturated carbocycles. The van der Waals surface area contributed by atoms with Gasteiger partial charge in [0, 0.05) is 22.9 Å². The van der Waals surface area contributed by atoms with E-state index in [4.69, 9.17) is 16.7 Å². The number of likely N-dealkylation sites (tertiary alicyclic amines) is 1. The molecule has 2 heterocycles. The first-order valence-corrected chi connectivity index (χ1v) is 10.0. The summed E-state index contributed by atoms with van der Waals surface area (Å²) in [5.74, 6) is 0. The molecule has 1 aliphatic heterocycles. The molecule has 0 spiro atoms. The molecule has 4 rings (SSSR count). The van der Waals surface area contributed by atoms with Crippen LogP contribution < -0.4 is 5.56 Å². The summed E-state index contributed by atoms with van der Waals surface area (Å²) in [7, 11) is 0. The van der Waals surface area contributed by atoms with Gasteiger partial charge in [-0.3, -0.25) is 9.69 Å². The highest BCUT2D eigenvalue weighted by Crippen LogP contribution is 2.21. The fraction of sp³-hybridized carbons (Fsp3) is 0.364. The van der Waals surface area contributed by atoms with E-state index in [0.29, 0.717) is 19.0 Å². The molecule has 0 amide bonds.